The molecular formula is C17H19FN2O5. The molecule has 0 bridgehead atoms. The van der Waals surface area contributed by atoms with Crippen molar-refractivity contribution in [3.63, 3.8) is 0 Å². The summed E-state index contributed by atoms with van der Waals surface area (Å²) in [6, 6.07) is 7.26. The molecule has 2 aromatic rings. The van der Waals surface area contributed by atoms with E-state index in [-0.39, 0.29) is 25.5 Å². The van der Waals surface area contributed by atoms with E-state index in [4.69, 9.17) is 9.26 Å². The molecule has 1 aromatic heterocycles. The van der Waals surface area contributed by atoms with Crippen LogP contribution in [0.1, 0.15) is 10.6 Å². The van der Waals surface area contributed by atoms with Crippen LogP contribution < -0.4 is 0 Å². The van der Waals surface area contributed by atoms with Crippen molar-refractivity contribution in [3.8, 4) is 11.3 Å². The Kier molecular flexibility index (Phi) is 5.12. The Morgan fingerprint density at radius 3 is 2.92 bits per heavy atom. The molecular weight excluding hydrogens is 331 g/mol. The number of ether oxygens (including phenoxy) is 1. The highest BCUT2D eigenvalue weighted by atomic mass is 19.1. The Balaban J connectivity index is 1.68. The van der Waals surface area contributed by atoms with Crippen LogP contribution in [0.3, 0.4) is 0 Å². The summed E-state index contributed by atoms with van der Waals surface area (Å²) in [5, 5.41) is 23.4. The second kappa shape index (κ2) is 7.30. The van der Waals surface area contributed by atoms with Gasteiger partial charge in [-0.1, -0.05) is 17.3 Å². The summed E-state index contributed by atoms with van der Waals surface area (Å²) in [7, 11) is 1.56. The average molecular weight is 350 g/mol. The number of rotatable bonds is 4. The van der Waals surface area contributed by atoms with E-state index in [9.17, 15) is 19.4 Å². The van der Waals surface area contributed by atoms with Gasteiger partial charge in [-0.3, -0.25) is 4.79 Å². The van der Waals surface area contributed by atoms with Crippen LogP contribution in [0, 0.1) is 11.7 Å². The molecule has 134 valence electrons. The molecule has 0 saturated carbocycles. The van der Waals surface area contributed by atoms with Crippen LogP contribution in [0.4, 0.5) is 4.39 Å². The fourth-order valence-corrected chi connectivity index (χ4v) is 2.79. The van der Waals surface area contributed by atoms with E-state index in [0.29, 0.717) is 11.3 Å². The summed E-state index contributed by atoms with van der Waals surface area (Å²) in [5.41, 5.74) is 0.859. The maximum atomic E-state index is 13.3. The lowest BCUT2D eigenvalue weighted by Gasteiger charge is -2.33. The molecule has 2 N–H and O–H groups in total. The number of amides is 1. The molecule has 1 saturated heterocycles. The number of aliphatic hydroxyl groups excluding tert-OH is 2. The number of benzene rings is 1. The van der Waals surface area contributed by atoms with Crippen LogP contribution in [0.5, 0.6) is 0 Å². The fourth-order valence-electron chi connectivity index (χ4n) is 2.79. The monoisotopic (exact) mass is 350 g/mol. The van der Waals surface area contributed by atoms with Crippen molar-refractivity contribution in [2.45, 2.75) is 12.2 Å². The molecule has 1 aliphatic rings. The summed E-state index contributed by atoms with van der Waals surface area (Å²) < 4.78 is 23.6. The Morgan fingerprint density at radius 1 is 1.36 bits per heavy atom. The molecule has 1 aromatic carbocycles. The van der Waals surface area contributed by atoms with E-state index in [2.05, 4.69) is 5.16 Å². The summed E-state index contributed by atoms with van der Waals surface area (Å²) in [5.74, 6) is -1.23. The van der Waals surface area contributed by atoms with Crippen molar-refractivity contribution in [2.24, 2.45) is 5.92 Å². The van der Waals surface area contributed by atoms with Crippen molar-refractivity contribution in [2.75, 3.05) is 26.8 Å². The Hall–Kier alpha value is -2.29. The minimum Gasteiger partial charge on any atom is -0.390 e. The quantitative estimate of drug-likeness (QED) is 0.851. The van der Waals surface area contributed by atoms with Gasteiger partial charge < -0.3 is 24.4 Å². The Bertz CT molecular complexity index is 750. The lowest BCUT2D eigenvalue weighted by molar-refractivity contribution is -0.123. The molecule has 1 fully saturated rings. The minimum absolute atomic E-state index is 0.00790. The zero-order chi connectivity index (χ0) is 18.0. The molecule has 1 aliphatic heterocycles. The number of aliphatic hydroxyl groups is 2. The number of carbonyl (C=O) groups excluding carboxylic acids is 1. The van der Waals surface area contributed by atoms with E-state index in [1.165, 1.54) is 23.1 Å². The SMILES string of the molecule is CN(C[C@@H]1COC[C@@H](O)[C@H]1O)C(=O)c1cc(-c2cccc(F)c2)no1. The van der Waals surface area contributed by atoms with Crippen LogP contribution in [-0.4, -0.2) is 65.2 Å². The first-order chi connectivity index (χ1) is 12.0. The highest BCUT2D eigenvalue weighted by Gasteiger charge is 2.33. The molecule has 1 amide bonds. The van der Waals surface area contributed by atoms with Gasteiger partial charge in [-0.2, -0.15) is 0 Å². The zero-order valence-corrected chi connectivity index (χ0v) is 13.6. The van der Waals surface area contributed by atoms with Crippen LogP contribution in [0.15, 0.2) is 34.9 Å². The second-order valence-electron chi connectivity index (χ2n) is 6.13. The van der Waals surface area contributed by atoms with Gasteiger partial charge >= 0.3 is 0 Å². The number of hydrogen-bond acceptors (Lipinski definition) is 6. The smallest absolute Gasteiger partial charge is 0.292 e. The summed E-state index contributed by atoms with van der Waals surface area (Å²) >= 11 is 0. The summed E-state index contributed by atoms with van der Waals surface area (Å²) in [6.07, 6.45) is -1.92. The molecule has 0 spiro atoms. The summed E-state index contributed by atoms with van der Waals surface area (Å²) in [4.78, 5) is 13.8. The van der Waals surface area contributed by atoms with E-state index in [0.717, 1.165) is 0 Å². The molecule has 0 radical (unpaired) electrons. The largest absolute Gasteiger partial charge is 0.390 e. The third-order valence-corrected chi connectivity index (χ3v) is 4.19. The van der Waals surface area contributed by atoms with Crippen molar-refractivity contribution in [3.05, 3.63) is 41.9 Å². The van der Waals surface area contributed by atoms with Gasteiger partial charge in [0, 0.05) is 31.1 Å². The number of nitrogens with zero attached hydrogens (tertiary/aromatic N) is 2. The minimum atomic E-state index is -0.966. The molecule has 0 aliphatic carbocycles. The first-order valence-electron chi connectivity index (χ1n) is 7.87. The number of carbonyl (C=O) groups is 1. The average Bonchev–Trinajstić information content (AvgIpc) is 3.08. The van der Waals surface area contributed by atoms with Gasteiger partial charge in [-0.15, -0.1) is 0 Å². The molecule has 7 nitrogen and oxygen atoms in total. The predicted octanol–water partition coefficient (Wildman–Crippen LogP) is 0.921. The standard InChI is InChI=1S/C17H19FN2O5/c1-20(7-11-8-24-9-14(21)16(11)22)17(23)15-6-13(19-25-15)10-3-2-4-12(18)5-10/h2-6,11,14,16,21-22H,7-9H2,1H3/t11-,14-,16+/m1/s1. The van der Waals surface area contributed by atoms with Gasteiger partial charge in [0.1, 0.15) is 17.6 Å². The van der Waals surface area contributed by atoms with E-state index in [1.807, 2.05) is 0 Å². The van der Waals surface area contributed by atoms with Gasteiger partial charge in [0.15, 0.2) is 0 Å². The molecule has 25 heavy (non-hydrogen) atoms. The molecule has 8 heteroatoms. The number of halogens is 1. The van der Waals surface area contributed by atoms with Gasteiger partial charge in [0.25, 0.3) is 5.91 Å². The van der Waals surface area contributed by atoms with Crippen LogP contribution >= 0.6 is 0 Å². The van der Waals surface area contributed by atoms with Crippen LogP contribution in [0.2, 0.25) is 0 Å². The Labute approximate surface area is 143 Å². The third kappa shape index (κ3) is 3.87. The lowest BCUT2D eigenvalue weighted by atomic mass is 9.96. The number of hydrogen-bond donors (Lipinski definition) is 2. The predicted molar refractivity (Wildman–Crippen MR) is 85.2 cm³/mol. The molecule has 3 atom stereocenters. The molecule has 0 unspecified atom stereocenters. The van der Waals surface area contributed by atoms with Crippen molar-refractivity contribution < 1.29 is 28.7 Å². The normalized spacial score (nSPS) is 23.4. The highest BCUT2D eigenvalue weighted by Crippen LogP contribution is 2.22. The van der Waals surface area contributed by atoms with E-state index < -0.39 is 29.9 Å². The first-order valence-corrected chi connectivity index (χ1v) is 7.87. The van der Waals surface area contributed by atoms with Gasteiger partial charge in [0.05, 0.1) is 19.3 Å². The molecule has 3 rings (SSSR count). The Morgan fingerprint density at radius 2 is 2.16 bits per heavy atom. The van der Waals surface area contributed by atoms with Crippen molar-refractivity contribution in [1.82, 2.24) is 10.1 Å². The van der Waals surface area contributed by atoms with Crippen LogP contribution in [-0.2, 0) is 4.74 Å². The zero-order valence-electron chi connectivity index (χ0n) is 13.6. The van der Waals surface area contributed by atoms with Crippen molar-refractivity contribution >= 4 is 5.91 Å². The lowest BCUT2D eigenvalue weighted by Crippen LogP contribution is -2.48. The van der Waals surface area contributed by atoms with E-state index in [1.54, 1.807) is 19.2 Å². The van der Waals surface area contributed by atoms with Gasteiger partial charge in [-0.25, -0.2) is 4.39 Å². The number of aromatic nitrogens is 1. The van der Waals surface area contributed by atoms with Gasteiger partial charge in [-0.05, 0) is 12.1 Å². The first kappa shape index (κ1) is 17.5. The third-order valence-electron chi connectivity index (χ3n) is 4.19. The van der Waals surface area contributed by atoms with Gasteiger partial charge in [0.2, 0.25) is 5.76 Å². The summed E-state index contributed by atoms with van der Waals surface area (Å²) in [6.45, 7) is 0.516. The second-order valence-corrected chi connectivity index (χ2v) is 6.13. The van der Waals surface area contributed by atoms with E-state index >= 15 is 0 Å². The van der Waals surface area contributed by atoms with Crippen molar-refractivity contribution in [1.29, 1.82) is 0 Å². The van der Waals surface area contributed by atoms with Crippen LogP contribution in [0.25, 0.3) is 11.3 Å². The fraction of sp³-hybridized carbons (Fsp3) is 0.412. The topological polar surface area (TPSA) is 96.0 Å². The molecule has 2 heterocycles. The maximum Gasteiger partial charge on any atom is 0.292 e. The highest BCUT2D eigenvalue weighted by molar-refractivity contribution is 5.92. The maximum absolute atomic E-state index is 13.3.